The maximum Gasteiger partial charge on any atom is 0.251 e. The predicted molar refractivity (Wildman–Crippen MR) is 98.1 cm³/mol. The van der Waals surface area contributed by atoms with Crippen LogP contribution >= 0.6 is 0 Å². The van der Waals surface area contributed by atoms with Gasteiger partial charge >= 0.3 is 0 Å². The fraction of sp³-hybridized carbons (Fsp3) is 0.278. The predicted octanol–water partition coefficient (Wildman–Crippen LogP) is 1.80. The Morgan fingerprint density at radius 3 is 2.42 bits per heavy atom. The molecule has 0 aliphatic heterocycles. The van der Waals surface area contributed by atoms with Crippen molar-refractivity contribution in [2.24, 2.45) is 0 Å². The van der Waals surface area contributed by atoms with Gasteiger partial charge in [-0.25, -0.2) is 13.1 Å². The van der Waals surface area contributed by atoms with Crippen molar-refractivity contribution in [1.82, 2.24) is 10.0 Å². The number of carbonyl (C=O) groups excluding carboxylic acids is 1. The lowest BCUT2D eigenvalue weighted by atomic mass is 10.2. The lowest BCUT2D eigenvalue weighted by Gasteiger charge is -2.09. The molecule has 0 aliphatic carbocycles. The minimum Gasteiger partial charge on any atom is -0.497 e. The summed E-state index contributed by atoms with van der Waals surface area (Å²) in [6.45, 7) is 2.60. The van der Waals surface area contributed by atoms with E-state index >= 15 is 0 Å². The molecule has 7 nitrogen and oxygen atoms in total. The lowest BCUT2D eigenvalue weighted by Crippen LogP contribution is -2.34. The number of amides is 1. The van der Waals surface area contributed by atoms with Gasteiger partial charge in [0.2, 0.25) is 10.0 Å². The minimum atomic E-state index is -3.64. The number of carbonyl (C=O) groups is 1. The Bertz CT molecular complexity index is 835. The van der Waals surface area contributed by atoms with Crippen LogP contribution in [0, 0.1) is 0 Å². The van der Waals surface area contributed by atoms with Crippen molar-refractivity contribution in [2.75, 3.05) is 26.8 Å². The van der Waals surface area contributed by atoms with Gasteiger partial charge in [-0.2, -0.15) is 0 Å². The highest BCUT2D eigenvalue weighted by molar-refractivity contribution is 7.89. The maximum absolute atomic E-state index is 12.2. The van der Waals surface area contributed by atoms with Gasteiger partial charge in [-0.05, 0) is 49.4 Å². The van der Waals surface area contributed by atoms with E-state index in [-0.39, 0.29) is 23.9 Å². The maximum atomic E-state index is 12.2. The Morgan fingerprint density at radius 1 is 1.04 bits per heavy atom. The van der Waals surface area contributed by atoms with E-state index in [9.17, 15) is 13.2 Å². The van der Waals surface area contributed by atoms with Crippen molar-refractivity contribution < 1.29 is 22.7 Å². The third-order valence-corrected chi connectivity index (χ3v) is 4.96. The van der Waals surface area contributed by atoms with Gasteiger partial charge in [-0.1, -0.05) is 6.07 Å². The molecule has 0 unspecified atom stereocenters. The summed E-state index contributed by atoms with van der Waals surface area (Å²) in [5.74, 6) is 0.884. The molecule has 0 aromatic heterocycles. The lowest BCUT2D eigenvalue weighted by molar-refractivity contribution is 0.0954. The van der Waals surface area contributed by atoms with E-state index in [2.05, 4.69) is 10.0 Å². The molecular formula is C18H22N2O5S. The van der Waals surface area contributed by atoms with Crippen molar-refractivity contribution in [3.8, 4) is 11.5 Å². The zero-order chi connectivity index (χ0) is 19.0. The van der Waals surface area contributed by atoms with Crippen LogP contribution in [0.15, 0.2) is 53.4 Å². The third-order valence-electron chi connectivity index (χ3n) is 3.48. The number of nitrogens with one attached hydrogen (secondary N) is 2. The van der Waals surface area contributed by atoms with E-state index in [1.165, 1.54) is 19.2 Å². The smallest absolute Gasteiger partial charge is 0.251 e. The number of hydrogen-bond donors (Lipinski definition) is 2. The summed E-state index contributed by atoms with van der Waals surface area (Å²) in [5.41, 5.74) is 0.443. The van der Waals surface area contributed by atoms with Crippen LogP contribution in [0.2, 0.25) is 0 Å². The van der Waals surface area contributed by atoms with E-state index in [1.807, 2.05) is 6.92 Å². The van der Waals surface area contributed by atoms with Crippen LogP contribution < -0.4 is 19.5 Å². The van der Waals surface area contributed by atoms with Crippen molar-refractivity contribution in [1.29, 1.82) is 0 Å². The first kappa shape index (κ1) is 19.7. The van der Waals surface area contributed by atoms with E-state index in [0.717, 1.165) is 0 Å². The van der Waals surface area contributed by atoms with Crippen LogP contribution in [0.4, 0.5) is 0 Å². The first-order valence-electron chi connectivity index (χ1n) is 8.11. The summed E-state index contributed by atoms with van der Waals surface area (Å²) < 4.78 is 37.2. The van der Waals surface area contributed by atoms with E-state index in [4.69, 9.17) is 9.47 Å². The molecule has 26 heavy (non-hydrogen) atoms. The van der Waals surface area contributed by atoms with Crippen LogP contribution in [0.5, 0.6) is 11.5 Å². The summed E-state index contributed by atoms with van der Waals surface area (Å²) in [6, 6.07) is 12.9. The molecule has 0 saturated heterocycles. The summed E-state index contributed by atoms with van der Waals surface area (Å²) in [5, 5.41) is 2.66. The van der Waals surface area contributed by atoms with Crippen LogP contribution in [-0.4, -0.2) is 41.1 Å². The topological polar surface area (TPSA) is 93.7 Å². The van der Waals surface area contributed by atoms with E-state index in [0.29, 0.717) is 23.7 Å². The largest absolute Gasteiger partial charge is 0.497 e. The van der Waals surface area contributed by atoms with Gasteiger partial charge in [0.25, 0.3) is 5.91 Å². The summed E-state index contributed by atoms with van der Waals surface area (Å²) in [7, 11) is -2.12. The highest BCUT2D eigenvalue weighted by atomic mass is 32.2. The summed E-state index contributed by atoms with van der Waals surface area (Å²) in [6.07, 6.45) is 0. The van der Waals surface area contributed by atoms with Crippen LogP contribution in [0.1, 0.15) is 17.3 Å². The highest BCUT2D eigenvalue weighted by Crippen LogP contribution is 2.15. The number of methoxy groups -OCH3 is 1. The summed E-state index contributed by atoms with van der Waals surface area (Å²) >= 11 is 0. The molecule has 2 rings (SSSR count). The van der Waals surface area contributed by atoms with Gasteiger partial charge in [0.15, 0.2) is 0 Å². The zero-order valence-corrected chi connectivity index (χ0v) is 15.5. The van der Waals surface area contributed by atoms with Crippen molar-refractivity contribution in [3.63, 3.8) is 0 Å². The second-order valence-electron chi connectivity index (χ2n) is 5.29. The van der Waals surface area contributed by atoms with Crippen molar-refractivity contribution >= 4 is 15.9 Å². The number of rotatable bonds is 9. The molecule has 0 atom stereocenters. The number of hydrogen-bond acceptors (Lipinski definition) is 5. The molecule has 2 aromatic rings. The summed E-state index contributed by atoms with van der Waals surface area (Å²) in [4.78, 5) is 12.2. The Hall–Kier alpha value is -2.58. The third kappa shape index (κ3) is 5.47. The average molecular weight is 378 g/mol. The van der Waals surface area contributed by atoms with Gasteiger partial charge in [-0.15, -0.1) is 0 Å². The normalized spacial score (nSPS) is 11.0. The van der Waals surface area contributed by atoms with Crippen molar-refractivity contribution in [3.05, 3.63) is 54.1 Å². The standard InChI is InChI=1S/C18H22N2O5S/c1-3-25-15-7-9-17(10-8-15)26(22,23)20-12-11-19-18(21)14-5-4-6-16(13-14)24-2/h4-10,13,20H,3,11-12H2,1-2H3,(H,19,21). The first-order valence-corrected chi connectivity index (χ1v) is 9.59. The minimum absolute atomic E-state index is 0.0747. The molecule has 0 spiro atoms. The zero-order valence-electron chi connectivity index (χ0n) is 14.7. The fourth-order valence-electron chi connectivity index (χ4n) is 2.19. The second kappa shape index (κ2) is 9.21. The Balaban J connectivity index is 1.85. The molecule has 2 aromatic carbocycles. The molecule has 0 bridgehead atoms. The Labute approximate surface area is 153 Å². The highest BCUT2D eigenvalue weighted by Gasteiger charge is 2.13. The molecule has 0 heterocycles. The Kier molecular flexibility index (Phi) is 6.99. The quantitative estimate of drug-likeness (QED) is 0.649. The van der Waals surface area contributed by atoms with Gasteiger partial charge in [0.05, 0.1) is 18.6 Å². The second-order valence-corrected chi connectivity index (χ2v) is 7.06. The molecule has 2 N–H and O–H groups in total. The molecule has 8 heteroatoms. The van der Waals surface area contributed by atoms with E-state index in [1.54, 1.807) is 36.4 Å². The molecule has 0 saturated carbocycles. The molecule has 0 radical (unpaired) electrons. The van der Waals surface area contributed by atoms with Crippen LogP contribution in [-0.2, 0) is 10.0 Å². The van der Waals surface area contributed by atoms with Gasteiger partial charge in [0, 0.05) is 18.7 Å². The van der Waals surface area contributed by atoms with Gasteiger partial charge in [0.1, 0.15) is 11.5 Å². The van der Waals surface area contributed by atoms with Crippen LogP contribution in [0.25, 0.3) is 0 Å². The van der Waals surface area contributed by atoms with Crippen molar-refractivity contribution in [2.45, 2.75) is 11.8 Å². The number of ether oxygens (including phenoxy) is 2. The Morgan fingerprint density at radius 2 is 1.77 bits per heavy atom. The monoisotopic (exact) mass is 378 g/mol. The van der Waals surface area contributed by atoms with E-state index < -0.39 is 10.0 Å². The fourth-order valence-corrected chi connectivity index (χ4v) is 3.22. The molecule has 0 aliphatic rings. The molecule has 1 amide bonds. The number of sulfonamides is 1. The average Bonchev–Trinajstić information content (AvgIpc) is 2.66. The number of benzene rings is 2. The van der Waals surface area contributed by atoms with Gasteiger partial charge < -0.3 is 14.8 Å². The van der Waals surface area contributed by atoms with Crippen LogP contribution in [0.3, 0.4) is 0 Å². The SMILES string of the molecule is CCOc1ccc(S(=O)(=O)NCCNC(=O)c2cccc(OC)c2)cc1. The van der Waals surface area contributed by atoms with Gasteiger partial charge in [-0.3, -0.25) is 4.79 Å². The molecular weight excluding hydrogens is 356 g/mol. The molecule has 140 valence electrons. The first-order chi connectivity index (χ1) is 12.5. The molecule has 0 fully saturated rings.